The zero-order chi connectivity index (χ0) is 18.1. The summed E-state index contributed by atoms with van der Waals surface area (Å²) in [6.45, 7) is 3.36. The second kappa shape index (κ2) is 9.90. The Morgan fingerprint density at radius 2 is 2.12 bits per heavy atom. The Hall–Kier alpha value is -2.11. The number of hydrogen-bond donors (Lipinski definition) is 4. The first-order valence-electron chi connectivity index (χ1n) is 7.47. The zero-order valence-electron chi connectivity index (χ0n) is 13.6. The molecule has 0 spiro atoms. The van der Waals surface area contributed by atoms with Crippen molar-refractivity contribution in [3.8, 4) is 0 Å². The molecule has 1 aromatic rings. The quantitative estimate of drug-likeness (QED) is 0.477. The molecule has 2 heterocycles. The van der Waals surface area contributed by atoms with Gasteiger partial charge in [-0.05, 0) is 23.8 Å². The number of amides is 1. The van der Waals surface area contributed by atoms with Crippen LogP contribution in [0.2, 0.25) is 0 Å². The van der Waals surface area contributed by atoms with Crippen LogP contribution in [0.3, 0.4) is 0 Å². The normalized spacial score (nSPS) is 23.1. The van der Waals surface area contributed by atoms with Crippen molar-refractivity contribution in [1.82, 2.24) is 25.5 Å². The number of carboxylic acids is 1. The molecule has 11 heteroatoms. The first kappa shape index (κ1) is 19.9. The number of nitrogens with one attached hydrogen (secondary N) is 1. The van der Waals surface area contributed by atoms with Gasteiger partial charge in [0.15, 0.2) is 0 Å². The van der Waals surface area contributed by atoms with E-state index in [1.54, 1.807) is 6.92 Å². The van der Waals surface area contributed by atoms with Crippen molar-refractivity contribution in [3.63, 3.8) is 0 Å². The number of carbonyl (C=O) groups is 2. The fourth-order valence-corrected chi connectivity index (χ4v) is 2.14. The third kappa shape index (κ3) is 6.56. The molecule has 2 rings (SSSR count). The van der Waals surface area contributed by atoms with Crippen LogP contribution in [-0.4, -0.2) is 78.9 Å². The predicted molar refractivity (Wildman–Crippen MR) is 79.9 cm³/mol. The summed E-state index contributed by atoms with van der Waals surface area (Å²) in [5.41, 5.74) is 0. The van der Waals surface area contributed by atoms with Gasteiger partial charge in [0, 0.05) is 20.0 Å². The summed E-state index contributed by atoms with van der Waals surface area (Å²) in [6, 6.07) is -0.400. The number of nitrogens with zero attached hydrogens (tertiary/aromatic N) is 4. The summed E-state index contributed by atoms with van der Waals surface area (Å²) in [7, 11) is 0. The Bertz CT molecular complexity index is 533. The highest BCUT2D eigenvalue weighted by Crippen LogP contribution is 2.14. The van der Waals surface area contributed by atoms with Gasteiger partial charge in [-0.15, -0.1) is 5.10 Å². The number of aryl methyl sites for hydroxylation is 2. The lowest BCUT2D eigenvalue weighted by Crippen LogP contribution is -2.54. The molecule has 0 saturated carbocycles. The fraction of sp³-hybridized carbons (Fsp3) is 0.769. The van der Waals surface area contributed by atoms with Crippen molar-refractivity contribution < 1.29 is 29.6 Å². The van der Waals surface area contributed by atoms with Gasteiger partial charge in [0.2, 0.25) is 5.91 Å². The Morgan fingerprint density at radius 3 is 2.67 bits per heavy atom. The predicted octanol–water partition coefficient (Wildman–Crippen LogP) is -1.91. The standard InChI is InChI=1S/C11H19N5O4.C2H4O2/c1-7-13-14-15-16(7)4-2-10(18)12-8-3-5-20-9(6-17)11(8)19;1-2(3)4/h8-9,11,17,19H,2-6H2,1H3,(H,12,18);1H3,(H,3,4)/t8-,9+,11-;/m0./s1. The van der Waals surface area contributed by atoms with Crippen LogP contribution in [0.15, 0.2) is 0 Å². The molecule has 0 aromatic carbocycles. The average molecular weight is 345 g/mol. The highest BCUT2D eigenvalue weighted by Gasteiger charge is 2.33. The molecule has 0 aliphatic carbocycles. The van der Waals surface area contributed by atoms with Gasteiger partial charge in [-0.25, -0.2) is 4.68 Å². The molecule has 24 heavy (non-hydrogen) atoms. The van der Waals surface area contributed by atoms with Gasteiger partial charge in [-0.3, -0.25) is 9.59 Å². The number of carboxylic acid groups (broad SMARTS) is 1. The van der Waals surface area contributed by atoms with E-state index >= 15 is 0 Å². The lowest BCUT2D eigenvalue weighted by atomic mass is 10.00. The number of aliphatic hydroxyl groups is 2. The van der Waals surface area contributed by atoms with E-state index in [1.807, 2.05) is 0 Å². The Morgan fingerprint density at radius 1 is 1.46 bits per heavy atom. The van der Waals surface area contributed by atoms with E-state index < -0.39 is 24.2 Å². The molecule has 0 bridgehead atoms. The number of tetrazole rings is 1. The van der Waals surface area contributed by atoms with E-state index in [0.29, 0.717) is 25.4 Å². The third-order valence-corrected chi connectivity index (χ3v) is 3.34. The number of rotatable bonds is 5. The molecule has 1 aromatic heterocycles. The van der Waals surface area contributed by atoms with Crippen LogP contribution in [0.25, 0.3) is 0 Å². The van der Waals surface area contributed by atoms with E-state index in [2.05, 4.69) is 20.8 Å². The fourth-order valence-electron chi connectivity index (χ4n) is 2.14. The Kier molecular flexibility index (Phi) is 8.22. The van der Waals surface area contributed by atoms with Crippen molar-refractivity contribution >= 4 is 11.9 Å². The van der Waals surface area contributed by atoms with Gasteiger partial charge in [0.05, 0.1) is 19.2 Å². The second-order valence-corrected chi connectivity index (χ2v) is 5.26. The average Bonchev–Trinajstić information content (AvgIpc) is 2.92. The monoisotopic (exact) mass is 345 g/mol. The molecule has 136 valence electrons. The van der Waals surface area contributed by atoms with E-state index in [4.69, 9.17) is 19.7 Å². The maximum absolute atomic E-state index is 11.9. The second-order valence-electron chi connectivity index (χ2n) is 5.26. The number of ether oxygens (including phenoxy) is 1. The molecular weight excluding hydrogens is 322 g/mol. The number of hydrogen-bond acceptors (Lipinski definition) is 8. The van der Waals surface area contributed by atoms with E-state index in [0.717, 1.165) is 6.92 Å². The number of aliphatic hydroxyl groups excluding tert-OH is 2. The molecular formula is C13H23N5O6. The molecule has 3 atom stereocenters. The smallest absolute Gasteiger partial charge is 0.300 e. The van der Waals surface area contributed by atoms with Crippen LogP contribution in [-0.2, 0) is 20.9 Å². The van der Waals surface area contributed by atoms with Crippen molar-refractivity contribution in [1.29, 1.82) is 0 Å². The summed E-state index contributed by atoms with van der Waals surface area (Å²) in [6.07, 6.45) is -0.796. The van der Waals surface area contributed by atoms with Crippen molar-refractivity contribution in [2.75, 3.05) is 13.2 Å². The van der Waals surface area contributed by atoms with Crippen LogP contribution in [0, 0.1) is 6.92 Å². The number of carbonyl (C=O) groups excluding carboxylic acids is 1. The summed E-state index contributed by atoms with van der Waals surface area (Å²) in [4.78, 5) is 20.9. The summed E-state index contributed by atoms with van der Waals surface area (Å²) >= 11 is 0. The van der Waals surface area contributed by atoms with Gasteiger partial charge in [0.25, 0.3) is 5.97 Å². The van der Waals surface area contributed by atoms with Gasteiger partial charge in [0.1, 0.15) is 18.0 Å². The molecule has 11 nitrogen and oxygen atoms in total. The van der Waals surface area contributed by atoms with E-state index in [1.165, 1.54) is 4.68 Å². The lowest BCUT2D eigenvalue weighted by Gasteiger charge is -2.34. The minimum atomic E-state index is -0.896. The molecule has 1 saturated heterocycles. The van der Waals surface area contributed by atoms with Crippen molar-refractivity contribution in [2.45, 2.75) is 51.5 Å². The third-order valence-electron chi connectivity index (χ3n) is 3.34. The van der Waals surface area contributed by atoms with Gasteiger partial charge < -0.3 is 25.4 Å². The minimum absolute atomic E-state index is 0.192. The highest BCUT2D eigenvalue weighted by molar-refractivity contribution is 5.76. The van der Waals surface area contributed by atoms with Crippen molar-refractivity contribution in [3.05, 3.63) is 5.82 Å². The van der Waals surface area contributed by atoms with Crippen LogP contribution in [0.4, 0.5) is 0 Å². The van der Waals surface area contributed by atoms with Gasteiger partial charge in [-0.1, -0.05) is 0 Å². The first-order chi connectivity index (χ1) is 11.3. The Labute approximate surface area is 138 Å². The van der Waals surface area contributed by atoms with Gasteiger partial charge in [-0.2, -0.15) is 0 Å². The summed E-state index contributed by atoms with van der Waals surface area (Å²) < 4.78 is 6.74. The molecule has 1 fully saturated rings. The van der Waals surface area contributed by atoms with Crippen LogP contribution in [0.1, 0.15) is 25.6 Å². The van der Waals surface area contributed by atoms with E-state index in [9.17, 15) is 9.90 Å². The first-order valence-corrected chi connectivity index (χ1v) is 7.47. The zero-order valence-corrected chi connectivity index (χ0v) is 13.6. The molecule has 1 aliphatic rings. The van der Waals surface area contributed by atoms with Crippen LogP contribution in [0.5, 0.6) is 0 Å². The summed E-state index contributed by atoms with van der Waals surface area (Å²) in [5.74, 6) is -0.383. The maximum atomic E-state index is 11.9. The van der Waals surface area contributed by atoms with Gasteiger partial charge >= 0.3 is 0 Å². The molecule has 0 radical (unpaired) electrons. The molecule has 0 unspecified atom stereocenters. The molecule has 4 N–H and O–H groups in total. The van der Waals surface area contributed by atoms with Crippen molar-refractivity contribution in [2.24, 2.45) is 0 Å². The Balaban J connectivity index is 0.000000648. The molecule has 1 aliphatic heterocycles. The van der Waals surface area contributed by atoms with Crippen LogP contribution < -0.4 is 5.32 Å². The maximum Gasteiger partial charge on any atom is 0.300 e. The molecule has 1 amide bonds. The minimum Gasteiger partial charge on any atom is -0.481 e. The lowest BCUT2D eigenvalue weighted by molar-refractivity contribution is -0.134. The number of aromatic nitrogens is 4. The topological polar surface area (TPSA) is 160 Å². The highest BCUT2D eigenvalue weighted by atomic mass is 16.5. The SMILES string of the molecule is CC(=O)O.Cc1nnnn1CCC(=O)N[C@H]1CCO[C@H](CO)[C@H]1O. The van der Waals surface area contributed by atoms with E-state index in [-0.39, 0.29) is 18.9 Å². The van der Waals surface area contributed by atoms with Crippen LogP contribution >= 0.6 is 0 Å². The summed E-state index contributed by atoms with van der Waals surface area (Å²) in [5, 5.41) is 40.1. The largest absolute Gasteiger partial charge is 0.481 e. The number of aliphatic carboxylic acids is 1.